The molecule has 1 aliphatic rings. The van der Waals surface area contributed by atoms with Crippen molar-refractivity contribution in [2.24, 2.45) is 5.92 Å². The predicted octanol–water partition coefficient (Wildman–Crippen LogP) is 4.96. The van der Waals surface area contributed by atoms with E-state index in [4.69, 9.17) is 16.3 Å². The van der Waals surface area contributed by atoms with Crippen molar-refractivity contribution in [1.29, 1.82) is 0 Å². The second kappa shape index (κ2) is 8.29. The lowest BCUT2D eigenvalue weighted by atomic mass is 10.0. The highest BCUT2D eigenvalue weighted by Gasteiger charge is 2.26. The molecule has 0 aliphatic carbocycles. The Morgan fingerprint density at radius 2 is 2.03 bits per heavy atom. The van der Waals surface area contributed by atoms with Crippen LogP contribution in [0.1, 0.15) is 35.5 Å². The summed E-state index contributed by atoms with van der Waals surface area (Å²) in [5.41, 5.74) is 4.62. The van der Waals surface area contributed by atoms with Gasteiger partial charge in [0.25, 0.3) is 5.91 Å². The first-order chi connectivity index (χ1) is 14.0. The van der Waals surface area contributed by atoms with Gasteiger partial charge in [-0.1, -0.05) is 37.6 Å². The molecule has 0 radical (unpaired) electrons. The smallest absolute Gasteiger partial charge is 0.254 e. The van der Waals surface area contributed by atoms with Gasteiger partial charge >= 0.3 is 0 Å². The topological polar surface area (TPSA) is 58.2 Å². The van der Waals surface area contributed by atoms with Crippen LogP contribution in [0.2, 0.25) is 5.02 Å². The van der Waals surface area contributed by atoms with Gasteiger partial charge in [0, 0.05) is 46.9 Å². The third-order valence-electron chi connectivity index (χ3n) is 5.00. The quantitative estimate of drug-likeness (QED) is 0.647. The molecule has 5 nitrogen and oxygen atoms in total. The molecule has 29 heavy (non-hydrogen) atoms. The van der Waals surface area contributed by atoms with Crippen molar-refractivity contribution >= 4 is 17.5 Å². The van der Waals surface area contributed by atoms with Crippen LogP contribution >= 0.6 is 11.6 Å². The minimum absolute atomic E-state index is 0.0179. The molecule has 1 aliphatic heterocycles. The number of carbonyl (C=O) groups is 1. The second-order valence-corrected chi connectivity index (χ2v) is 8.18. The van der Waals surface area contributed by atoms with Crippen LogP contribution in [-0.4, -0.2) is 34.2 Å². The van der Waals surface area contributed by atoms with E-state index in [1.165, 1.54) is 0 Å². The van der Waals surface area contributed by atoms with Crippen molar-refractivity contribution in [2.75, 3.05) is 13.2 Å². The minimum Gasteiger partial charge on any atom is -0.493 e. The van der Waals surface area contributed by atoms with Crippen LogP contribution in [0.5, 0.6) is 5.75 Å². The number of H-pyrrole nitrogens is 1. The zero-order valence-corrected chi connectivity index (χ0v) is 17.4. The molecule has 0 saturated carbocycles. The molecule has 0 saturated heterocycles. The SMILES string of the molecule is CC(C)COc1ccc(C(=O)N2CCc3[nH]nc(-c4cccc(Cl)c4)c3C2)cc1. The highest BCUT2D eigenvalue weighted by molar-refractivity contribution is 6.30. The van der Waals surface area contributed by atoms with Crippen LogP contribution in [0.25, 0.3) is 11.3 Å². The van der Waals surface area contributed by atoms with E-state index in [0.29, 0.717) is 36.2 Å². The number of halogens is 1. The summed E-state index contributed by atoms with van der Waals surface area (Å²) >= 11 is 6.14. The monoisotopic (exact) mass is 409 g/mol. The summed E-state index contributed by atoms with van der Waals surface area (Å²) in [7, 11) is 0. The first kappa shape index (κ1) is 19.5. The zero-order chi connectivity index (χ0) is 20.4. The Balaban J connectivity index is 1.51. The first-order valence-corrected chi connectivity index (χ1v) is 10.2. The maximum atomic E-state index is 13.0. The summed E-state index contributed by atoms with van der Waals surface area (Å²) in [6, 6.07) is 15.0. The Hall–Kier alpha value is -2.79. The third-order valence-corrected chi connectivity index (χ3v) is 5.24. The normalized spacial score (nSPS) is 13.4. The van der Waals surface area contributed by atoms with Crippen molar-refractivity contribution < 1.29 is 9.53 Å². The van der Waals surface area contributed by atoms with Crippen molar-refractivity contribution in [3.05, 3.63) is 70.4 Å². The van der Waals surface area contributed by atoms with Gasteiger partial charge in [-0.25, -0.2) is 0 Å². The van der Waals surface area contributed by atoms with Gasteiger partial charge in [0.05, 0.1) is 12.3 Å². The van der Waals surface area contributed by atoms with Gasteiger partial charge in [-0.15, -0.1) is 0 Å². The third kappa shape index (κ3) is 4.30. The summed E-state index contributed by atoms with van der Waals surface area (Å²) < 4.78 is 5.71. The van der Waals surface area contributed by atoms with Gasteiger partial charge in [0.1, 0.15) is 5.75 Å². The van der Waals surface area contributed by atoms with Crippen molar-refractivity contribution in [1.82, 2.24) is 15.1 Å². The molecule has 0 bridgehead atoms. The van der Waals surface area contributed by atoms with Crippen LogP contribution in [0.3, 0.4) is 0 Å². The maximum absolute atomic E-state index is 13.0. The highest BCUT2D eigenvalue weighted by atomic mass is 35.5. The van der Waals surface area contributed by atoms with Crippen molar-refractivity contribution in [3.8, 4) is 17.0 Å². The highest BCUT2D eigenvalue weighted by Crippen LogP contribution is 2.30. The van der Waals surface area contributed by atoms with E-state index < -0.39 is 0 Å². The number of aromatic nitrogens is 2. The number of carbonyl (C=O) groups excluding carboxylic acids is 1. The number of benzene rings is 2. The van der Waals surface area contributed by atoms with Crippen LogP contribution in [-0.2, 0) is 13.0 Å². The summed E-state index contributed by atoms with van der Waals surface area (Å²) in [4.78, 5) is 14.9. The lowest BCUT2D eigenvalue weighted by molar-refractivity contribution is 0.0734. The van der Waals surface area contributed by atoms with E-state index >= 15 is 0 Å². The number of aromatic amines is 1. The predicted molar refractivity (Wildman–Crippen MR) is 114 cm³/mol. The molecular weight excluding hydrogens is 386 g/mol. The van der Waals surface area contributed by atoms with E-state index in [9.17, 15) is 4.79 Å². The fourth-order valence-electron chi connectivity index (χ4n) is 3.48. The van der Waals surface area contributed by atoms with Gasteiger partial charge in [-0.2, -0.15) is 5.10 Å². The first-order valence-electron chi connectivity index (χ1n) is 9.85. The van der Waals surface area contributed by atoms with Gasteiger partial charge in [-0.3, -0.25) is 9.89 Å². The standard InChI is InChI=1S/C23H24ClN3O2/c1-15(2)14-29-19-8-6-16(7-9-19)23(28)27-11-10-21-20(13-27)22(26-25-21)17-4-3-5-18(24)12-17/h3-9,12,15H,10-11,13-14H2,1-2H3,(H,25,26). The fourth-order valence-corrected chi connectivity index (χ4v) is 3.67. The zero-order valence-electron chi connectivity index (χ0n) is 16.6. The van der Waals surface area contributed by atoms with Crippen LogP contribution < -0.4 is 4.74 Å². The lowest BCUT2D eigenvalue weighted by Crippen LogP contribution is -2.35. The van der Waals surface area contributed by atoms with Crippen molar-refractivity contribution in [2.45, 2.75) is 26.8 Å². The van der Waals surface area contributed by atoms with Gasteiger partial charge in [0.15, 0.2) is 0 Å². The molecule has 6 heteroatoms. The molecule has 4 rings (SSSR count). The van der Waals surface area contributed by atoms with E-state index in [2.05, 4.69) is 24.0 Å². The molecule has 2 aromatic carbocycles. The average Bonchev–Trinajstić information content (AvgIpc) is 3.15. The van der Waals surface area contributed by atoms with Crippen LogP contribution in [0.4, 0.5) is 0 Å². The van der Waals surface area contributed by atoms with Gasteiger partial charge in [0.2, 0.25) is 0 Å². The molecular formula is C23H24ClN3O2. The molecule has 2 heterocycles. The number of ether oxygens (including phenoxy) is 1. The van der Waals surface area contributed by atoms with E-state index in [1.54, 1.807) is 0 Å². The summed E-state index contributed by atoms with van der Waals surface area (Å²) in [6.07, 6.45) is 0.754. The van der Waals surface area contributed by atoms with E-state index in [0.717, 1.165) is 34.7 Å². The lowest BCUT2D eigenvalue weighted by Gasteiger charge is -2.27. The van der Waals surface area contributed by atoms with Gasteiger partial charge < -0.3 is 9.64 Å². The summed E-state index contributed by atoms with van der Waals surface area (Å²) in [5, 5.41) is 8.28. The fraction of sp³-hybridized carbons (Fsp3) is 0.304. The minimum atomic E-state index is 0.0179. The molecule has 0 fully saturated rings. The van der Waals surface area contributed by atoms with Crippen molar-refractivity contribution in [3.63, 3.8) is 0 Å². The Morgan fingerprint density at radius 3 is 2.76 bits per heavy atom. The van der Waals surface area contributed by atoms with Gasteiger partial charge in [-0.05, 0) is 42.3 Å². The Bertz CT molecular complexity index is 1010. The van der Waals surface area contributed by atoms with Crippen LogP contribution in [0.15, 0.2) is 48.5 Å². The number of nitrogens with zero attached hydrogens (tertiary/aromatic N) is 2. The van der Waals surface area contributed by atoms with E-state index in [1.807, 2.05) is 53.4 Å². The van der Waals surface area contributed by atoms with Crippen LogP contribution in [0, 0.1) is 5.92 Å². The molecule has 1 N–H and O–H groups in total. The maximum Gasteiger partial charge on any atom is 0.254 e. The number of amides is 1. The summed E-state index contributed by atoms with van der Waals surface area (Å²) in [6.45, 7) is 6.06. The molecule has 150 valence electrons. The molecule has 0 unspecified atom stereocenters. The number of rotatable bonds is 5. The number of fused-ring (bicyclic) bond motifs is 1. The Morgan fingerprint density at radius 1 is 1.24 bits per heavy atom. The van der Waals surface area contributed by atoms with E-state index in [-0.39, 0.29) is 5.91 Å². The molecule has 0 spiro atoms. The molecule has 1 amide bonds. The average molecular weight is 410 g/mol. The Labute approximate surface area is 175 Å². The Kier molecular flexibility index (Phi) is 5.58. The number of nitrogens with one attached hydrogen (secondary N) is 1. The number of hydrogen-bond donors (Lipinski definition) is 1. The molecule has 1 aromatic heterocycles. The number of hydrogen-bond acceptors (Lipinski definition) is 3. The summed E-state index contributed by atoms with van der Waals surface area (Å²) in [5.74, 6) is 1.26. The largest absolute Gasteiger partial charge is 0.493 e. The second-order valence-electron chi connectivity index (χ2n) is 7.75. The molecule has 0 atom stereocenters. The molecule has 3 aromatic rings.